The number of hydrogen-bond acceptors (Lipinski definition) is 3. The molecule has 5 nitrogen and oxygen atoms in total. The Morgan fingerprint density at radius 2 is 1.55 bits per heavy atom. The lowest BCUT2D eigenvalue weighted by atomic mass is 10.2. The van der Waals surface area contributed by atoms with Crippen LogP contribution in [0.25, 0.3) is 0 Å². The fraction of sp³-hybridized carbons (Fsp3) is 0.200. The van der Waals surface area contributed by atoms with Crippen molar-refractivity contribution >= 4 is 23.2 Å². The minimum absolute atomic E-state index is 0.133. The largest absolute Gasteiger partial charge is 0.466 e. The molecule has 1 aromatic heterocycles. The van der Waals surface area contributed by atoms with Gasteiger partial charge >= 0.3 is 0 Å². The number of carbonyl (C=O) groups is 2. The highest BCUT2D eigenvalue weighted by Crippen LogP contribution is 2.18. The van der Waals surface area contributed by atoms with E-state index in [2.05, 4.69) is 10.6 Å². The normalized spacial score (nSPS) is 10.2. The Bertz CT molecular complexity index is 642. The second-order valence-corrected chi connectivity index (χ2v) is 4.54. The van der Waals surface area contributed by atoms with Gasteiger partial charge in [-0.15, -0.1) is 0 Å². The Labute approximate surface area is 117 Å². The van der Waals surface area contributed by atoms with Crippen molar-refractivity contribution in [3.63, 3.8) is 0 Å². The first-order valence-corrected chi connectivity index (χ1v) is 6.22. The van der Waals surface area contributed by atoms with E-state index in [1.165, 1.54) is 6.92 Å². The van der Waals surface area contributed by atoms with Crippen LogP contribution in [0.2, 0.25) is 0 Å². The van der Waals surface area contributed by atoms with E-state index in [0.717, 1.165) is 0 Å². The van der Waals surface area contributed by atoms with Crippen molar-refractivity contribution in [2.75, 3.05) is 10.6 Å². The summed E-state index contributed by atoms with van der Waals surface area (Å²) in [7, 11) is 0. The second-order valence-electron chi connectivity index (χ2n) is 4.54. The Morgan fingerprint density at radius 1 is 1.00 bits per heavy atom. The molecule has 0 saturated carbocycles. The molecule has 104 valence electrons. The van der Waals surface area contributed by atoms with Gasteiger partial charge in [-0.25, -0.2) is 0 Å². The van der Waals surface area contributed by atoms with E-state index in [0.29, 0.717) is 28.5 Å². The molecular weight excluding hydrogens is 256 g/mol. The van der Waals surface area contributed by atoms with Crippen molar-refractivity contribution in [3.05, 3.63) is 47.4 Å². The van der Waals surface area contributed by atoms with Gasteiger partial charge in [0.15, 0.2) is 0 Å². The molecule has 0 atom stereocenters. The monoisotopic (exact) mass is 272 g/mol. The lowest BCUT2D eigenvalue weighted by Gasteiger charge is -2.06. The number of aryl methyl sites for hydroxylation is 2. The smallest absolute Gasteiger partial charge is 0.259 e. The molecular formula is C15H16N2O3. The summed E-state index contributed by atoms with van der Waals surface area (Å²) in [5.74, 6) is 0.946. The second kappa shape index (κ2) is 5.61. The van der Waals surface area contributed by atoms with Crippen molar-refractivity contribution in [2.24, 2.45) is 0 Å². The molecule has 0 aliphatic heterocycles. The fourth-order valence-electron chi connectivity index (χ4n) is 1.89. The van der Waals surface area contributed by atoms with Gasteiger partial charge < -0.3 is 15.1 Å². The maximum absolute atomic E-state index is 12.1. The van der Waals surface area contributed by atoms with Crippen LogP contribution >= 0.6 is 0 Å². The molecule has 1 aromatic carbocycles. The number of rotatable bonds is 3. The van der Waals surface area contributed by atoms with Crippen LogP contribution in [-0.4, -0.2) is 11.8 Å². The number of nitrogens with one attached hydrogen (secondary N) is 2. The fourth-order valence-corrected chi connectivity index (χ4v) is 1.89. The van der Waals surface area contributed by atoms with E-state index in [9.17, 15) is 9.59 Å². The maximum Gasteiger partial charge on any atom is 0.259 e. The highest BCUT2D eigenvalue weighted by Gasteiger charge is 2.13. The predicted octanol–water partition coefficient (Wildman–Crippen LogP) is 3.11. The van der Waals surface area contributed by atoms with Crippen LogP contribution < -0.4 is 10.6 Å². The topological polar surface area (TPSA) is 71.3 Å². The van der Waals surface area contributed by atoms with Gasteiger partial charge in [0.1, 0.15) is 11.5 Å². The Balaban J connectivity index is 2.08. The summed E-state index contributed by atoms with van der Waals surface area (Å²) in [5, 5.41) is 5.44. The zero-order valence-electron chi connectivity index (χ0n) is 11.6. The van der Waals surface area contributed by atoms with Crippen LogP contribution in [0.3, 0.4) is 0 Å². The predicted molar refractivity (Wildman–Crippen MR) is 76.9 cm³/mol. The van der Waals surface area contributed by atoms with Crippen LogP contribution in [0.4, 0.5) is 11.4 Å². The number of benzene rings is 1. The number of carbonyl (C=O) groups excluding carboxylic acids is 2. The minimum atomic E-state index is -0.216. The molecule has 1 heterocycles. The molecule has 0 aliphatic carbocycles. The van der Waals surface area contributed by atoms with Crippen molar-refractivity contribution < 1.29 is 14.0 Å². The zero-order valence-corrected chi connectivity index (χ0v) is 11.6. The van der Waals surface area contributed by atoms with Crippen LogP contribution in [0.1, 0.15) is 28.8 Å². The van der Waals surface area contributed by atoms with Gasteiger partial charge in [0.05, 0.1) is 5.56 Å². The molecule has 0 fully saturated rings. The van der Waals surface area contributed by atoms with E-state index in [4.69, 9.17) is 4.42 Å². The third-order valence-electron chi connectivity index (χ3n) is 2.75. The molecule has 2 rings (SSSR count). The molecule has 2 N–H and O–H groups in total. The molecule has 20 heavy (non-hydrogen) atoms. The summed E-state index contributed by atoms with van der Waals surface area (Å²) in [6.07, 6.45) is 0. The molecule has 0 saturated heterocycles. The lowest BCUT2D eigenvalue weighted by Crippen LogP contribution is -2.12. The molecule has 0 aliphatic rings. The van der Waals surface area contributed by atoms with Crippen LogP contribution in [0.15, 0.2) is 34.7 Å². The Hall–Kier alpha value is -2.56. The van der Waals surface area contributed by atoms with Crippen LogP contribution in [0, 0.1) is 13.8 Å². The summed E-state index contributed by atoms with van der Waals surface area (Å²) < 4.78 is 5.33. The van der Waals surface area contributed by atoms with Gasteiger partial charge in [-0.2, -0.15) is 0 Å². The first-order valence-electron chi connectivity index (χ1n) is 6.22. The lowest BCUT2D eigenvalue weighted by molar-refractivity contribution is -0.114. The van der Waals surface area contributed by atoms with Gasteiger partial charge in [-0.1, -0.05) is 0 Å². The molecule has 2 aromatic rings. The Morgan fingerprint density at radius 3 is 2.00 bits per heavy atom. The van der Waals surface area contributed by atoms with Gasteiger partial charge in [-0.05, 0) is 44.2 Å². The third-order valence-corrected chi connectivity index (χ3v) is 2.75. The molecule has 5 heteroatoms. The number of hydrogen-bond donors (Lipinski definition) is 2. The highest BCUT2D eigenvalue weighted by molar-refractivity contribution is 6.05. The van der Waals surface area contributed by atoms with Crippen molar-refractivity contribution in [3.8, 4) is 0 Å². The van der Waals surface area contributed by atoms with Gasteiger partial charge in [0, 0.05) is 18.3 Å². The number of anilines is 2. The van der Waals surface area contributed by atoms with Gasteiger partial charge in [0.2, 0.25) is 5.91 Å². The van der Waals surface area contributed by atoms with Crippen molar-refractivity contribution in [2.45, 2.75) is 20.8 Å². The average Bonchev–Trinajstić information content (AvgIpc) is 2.70. The Kier molecular flexibility index (Phi) is 3.89. The molecule has 0 radical (unpaired) electrons. The number of furan rings is 1. The van der Waals surface area contributed by atoms with Gasteiger partial charge in [0.25, 0.3) is 5.91 Å². The van der Waals surface area contributed by atoms with E-state index < -0.39 is 0 Å². The summed E-state index contributed by atoms with van der Waals surface area (Å²) in [6, 6.07) is 8.61. The maximum atomic E-state index is 12.1. The van der Waals surface area contributed by atoms with Crippen LogP contribution in [0.5, 0.6) is 0 Å². The summed E-state index contributed by atoms with van der Waals surface area (Å²) in [5.41, 5.74) is 1.86. The standard InChI is InChI=1S/C15H16N2O3/c1-9-8-14(10(2)20-9)15(19)17-13-6-4-12(5-7-13)16-11(3)18/h4-8H,1-3H3,(H,16,18)(H,17,19). The molecule has 0 unspecified atom stereocenters. The van der Waals surface area contributed by atoms with E-state index in [-0.39, 0.29) is 11.8 Å². The van der Waals surface area contributed by atoms with E-state index >= 15 is 0 Å². The van der Waals surface area contributed by atoms with Gasteiger partial charge in [-0.3, -0.25) is 9.59 Å². The molecule has 2 amide bonds. The average molecular weight is 272 g/mol. The summed E-state index contributed by atoms with van der Waals surface area (Å²) in [4.78, 5) is 23.0. The summed E-state index contributed by atoms with van der Waals surface area (Å²) >= 11 is 0. The van der Waals surface area contributed by atoms with Crippen LogP contribution in [-0.2, 0) is 4.79 Å². The summed E-state index contributed by atoms with van der Waals surface area (Å²) in [6.45, 7) is 4.99. The highest BCUT2D eigenvalue weighted by atomic mass is 16.3. The molecule has 0 bridgehead atoms. The van der Waals surface area contributed by atoms with E-state index in [1.54, 1.807) is 44.2 Å². The first kappa shape index (κ1) is 13.9. The third kappa shape index (κ3) is 3.26. The molecule has 0 spiro atoms. The number of amides is 2. The SMILES string of the molecule is CC(=O)Nc1ccc(NC(=O)c2cc(C)oc2C)cc1. The quantitative estimate of drug-likeness (QED) is 0.901. The van der Waals surface area contributed by atoms with Crippen molar-refractivity contribution in [1.82, 2.24) is 0 Å². The minimum Gasteiger partial charge on any atom is -0.466 e. The first-order chi connectivity index (χ1) is 9.45. The zero-order chi connectivity index (χ0) is 14.7. The van der Waals surface area contributed by atoms with E-state index in [1.807, 2.05) is 0 Å². The van der Waals surface area contributed by atoms with Crippen molar-refractivity contribution in [1.29, 1.82) is 0 Å².